The molecule has 5 aliphatic rings. The lowest BCUT2D eigenvalue weighted by molar-refractivity contribution is -0.149. The third-order valence-corrected chi connectivity index (χ3v) is 6.81. The van der Waals surface area contributed by atoms with Crippen LogP contribution in [0.5, 0.6) is 0 Å². The lowest BCUT2D eigenvalue weighted by Crippen LogP contribution is -2.52. The van der Waals surface area contributed by atoms with Gasteiger partial charge < -0.3 is 4.90 Å². The van der Waals surface area contributed by atoms with E-state index in [9.17, 15) is 13.6 Å². The summed E-state index contributed by atoms with van der Waals surface area (Å²) in [6.07, 6.45) is 4.99. The van der Waals surface area contributed by atoms with Crippen molar-refractivity contribution < 1.29 is 13.6 Å². The molecule has 130 valence electrons. The number of halogens is 2. The van der Waals surface area contributed by atoms with Gasteiger partial charge in [-0.05, 0) is 62.2 Å². The number of carbonyl (C=O) groups excluding carboxylic acids is 1. The lowest BCUT2D eigenvalue weighted by atomic mass is 9.51. The van der Waals surface area contributed by atoms with Gasteiger partial charge in [0, 0.05) is 32.1 Å². The monoisotopic (exact) mass is 326 g/mol. The molecule has 5 rings (SSSR count). The highest BCUT2D eigenvalue weighted by molar-refractivity contribution is 5.80. The third kappa shape index (κ3) is 3.13. The molecular formula is C18H28F2N2O. The molecule has 0 aromatic rings. The fourth-order valence-electron chi connectivity index (χ4n) is 6.11. The number of carbonyl (C=O) groups is 1. The van der Waals surface area contributed by atoms with Gasteiger partial charge in [-0.25, -0.2) is 8.78 Å². The summed E-state index contributed by atoms with van der Waals surface area (Å²) >= 11 is 0. The van der Waals surface area contributed by atoms with Crippen LogP contribution in [0, 0.1) is 29.6 Å². The van der Waals surface area contributed by atoms with E-state index >= 15 is 0 Å². The molecule has 0 aromatic heterocycles. The summed E-state index contributed by atoms with van der Waals surface area (Å²) in [6.45, 7) is 2.52. The Balaban J connectivity index is 1.39. The summed E-state index contributed by atoms with van der Waals surface area (Å²) in [5.41, 5.74) is 0. The van der Waals surface area contributed by atoms with Crippen LogP contribution in [-0.2, 0) is 4.79 Å². The quantitative estimate of drug-likeness (QED) is 0.796. The van der Waals surface area contributed by atoms with Crippen molar-refractivity contribution in [3.8, 4) is 0 Å². The maximum absolute atomic E-state index is 13.1. The SMILES string of the molecule is O=C(C1C2CC3CC(C2)CC1C3)N1CCCN(CC(F)F)CC1. The summed E-state index contributed by atoms with van der Waals surface area (Å²) in [4.78, 5) is 16.9. The number of hydrogen-bond acceptors (Lipinski definition) is 2. The van der Waals surface area contributed by atoms with Crippen LogP contribution >= 0.6 is 0 Å². The lowest BCUT2D eigenvalue weighted by Gasteiger charge is -2.54. The van der Waals surface area contributed by atoms with E-state index in [1.807, 2.05) is 9.80 Å². The Morgan fingerprint density at radius 1 is 0.913 bits per heavy atom. The van der Waals surface area contributed by atoms with Gasteiger partial charge in [-0.1, -0.05) is 0 Å². The number of rotatable bonds is 3. The molecule has 0 unspecified atom stereocenters. The topological polar surface area (TPSA) is 23.6 Å². The number of nitrogens with zero attached hydrogens (tertiary/aromatic N) is 2. The molecule has 1 aliphatic heterocycles. The van der Waals surface area contributed by atoms with Crippen molar-refractivity contribution in [3.63, 3.8) is 0 Å². The Morgan fingerprint density at radius 3 is 2.17 bits per heavy atom. The van der Waals surface area contributed by atoms with Crippen molar-refractivity contribution in [3.05, 3.63) is 0 Å². The minimum absolute atomic E-state index is 0.153. The van der Waals surface area contributed by atoms with Crippen LogP contribution in [0.4, 0.5) is 8.78 Å². The second-order valence-corrected chi connectivity index (χ2v) is 8.33. The van der Waals surface area contributed by atoms with Gasteiger partial charge in [-0.2, -0.15) is 0 Å². The van der Waals surface area contributed by atoms with E-state index in [0.717, 1.165) is 24.8 Å². The van der Waals surface area contributed by atoms with E-state index in [1.165, 1.54) is 32.1 Å². The molecule has 0 N–H and O–H groups in total. The fraction of sp³-hybridized carbons (Fsp3) is 0.944. The van der Waals surface area contributed by atoms with E-state index in [1.54, 1.807) is 0 Å². The molecule has 3 nitrogen and oxygen atoms in total. The van der Waals surface area contributed by atoms with Crippen LogP contribution in [-0.4, -0.2) is 54.9 Å². The summed E-state index contributed by atoms with van der Waals surface area (Å²) < 4.78 is 25.1. The molecule has 1 heterocycles. The number of hydrogen-bond donors (Lipinski definition) is 0. The standard InChI is InChI=1S/C18H28F2N2O/c19-16(20)11-21-2-1-3-22(5-4-21)18(23)17-14-7-12-6-13(9-14)10-15(17)8-12/h12-17H,1-11H2. The highest BCUT2D eigenvalue weighted by atomic mass is 19.3. The molecule has 0 atom stereocenters. The Bertz CT molecular complexity index is 428. The smallest absolute Gasteiger partial charge is 0.251 e. The van der Waals surface area contributed by atoms with Gasteiger partial charge in [0.25, 0.3) is 6.43 Å². The molecule has 1 saturated heterocycles. The van der Waals surface area contributed by atoms with Crippen molar-refractivity contribution in [1.82, 2.24) is 9.80 Å². The zero-order valence-corrected chi connectivity index (χ0v) is 13.8. The van der Waals surface area contributed by atoms with Crippen LogP contribution in [0.15, 0.2) is 0 Å². The Labute approximate surface area is 137 Å². The van der Waals surface area contributed by atoms with E-state index < -0.39 is 6.43 Å². The summed E-state index contributed by atoms with van der Waals surface area (Å²) in [5, 5.41) is 0. The van der Waals surface area contributed by atoms with Gasteiger partial charge in [-0.15, -0.1) is 0 Å². The summed E-state index contributed by atoms with van der Waals surface area (Å²) in [5.74, 6) is 3.57. The second kappa shape index (κ2) is 6.30. The molecule has 5 heteroatoms. The Kier molecular flexibility index (Phi) is 4.33. The minimum Gasteiger partial charge on any atom is -0.341 e. The maximum atomic E-state index is 13.1. The number of alkyl halides is 2. The van der Waals surface area contributed by atoms with Crippen molar-refractivity contribution in [1.29, 1.82) is 0 Å². The average Bonchev–Trinajstić information content (AvgIpc) is 2.71. The predicted molar refractivity (Wildman–Crippen MR) is 84.2 cm³/mol. The molecule has 4 aliphatic carbocycles. The average molecular weight is 326 g/mol. The van der Waals surface area contributed by atoms with Crippen molar-refractivity contribution in [2.45, 2.75) is 45.0 Å². The Hall–Kier alpha value is -0.710. The molecule has 0 radical (unpaired) electrons. The third-order valence-electron chi connectivity index (χ3n) is 6.81. The molecule has 5 fully saturated rings. The van der Waals surface area contributed by atoms with Crippen LogP contribution in [0.25, 0.3) is 0 Å². The first-order chi connectivity index (χ1) is 11.1. The van der Waals surface area contributed by atoms with Crippen LogP contribution in [0.3, 0.4) is 0 Å². The van der Waals surface area contributed by atoms with Crippen molar-refractivity contribution >= 4 is 5.91 Å². The maximum Gasteiger partial charge on any atom is 0.251 e. The van der Waals surface area contributed by atoms with E-state index in [4.69, 9.17) is 0 Å². The second-order valence-electron chi connectivity index (χ2n) is 8.33. The molecule has 1 amide bonds. The zero-order chi connectivity index (χ0) is 16.0. The highest BCUT2D eigenvalue weighted by Crippen LogP contribution is 2.56. The first kappa shape index (κ1) is 15.8. The van der Waals surface area contributed by atoms with Crippen molar-refractivity contribution in [2.75, 3.05) is 32.7 Å². The Morgan fingerprint density at radius 2 is 1.57 bits per heavy atom. The molecule has 4 bridgehead atoms. The van der Waals surface area contributed by atoms with Crippen molar-refractivity contribution in [2.24, 2.45) is 29.6 Å². The zero-order valence-electron chi connectivity index (χ0n) is 13.8. The first-order valence-electron chi connectivity index (χ1n) is 9.39. The van der Waals surface area contributed by atoms with E-state index in [-0.39, 0.29) is 12.5 Å². The van der Waals surface area contributed by atoms with E-state index in [0.29, 0.717) is 37.4 Å². The predicted octanol–water partition coefficient (Wildman–Crippen LogP) is 2.86. The van der Waals surface area contributed by atoms with Gasteiger partial charge in [0.05, 0.1) is 6.54 Å². The largest absolute Gasteiger partial charge is 0.341 e. The molecule has 0 spiro atoms. The summed E-state index contributed by atoms with van der Waals surface area (Å²) in [7, 11) is 0. The molecular weight excluding hydrogens is 298 g/mol. The summed E-state index contributed by atoms with van der Waals surface area (Å²) in [6, 6.07) is 0. The van der Waals surface area contributed by atoms with Gasteiger partial charge in [0.1, 0.15) is 0 Å². The van der Waals surface area contributed by atoms with Gasteiger partial charge in [-0.3, -0.25) is 9.69 Å². The first-order valence-corrected chi connectivity index (χ1v) is 9.39. The van der Waals surface area contributed by atoms with Crippen LogP contribution < -0.4 is 0 Å². The van der Waals surface area contributed by atoms with Gasteiger partial charge >= 0.3 is 0 Å². The highest BCUT2D eigenvalue weighted by Gasteiger charge is 2.51. The number of amides is 1. The van der Waals surface area contributed by atoms with Crippen LogP contribution in [0.2, 0.25) is 0 Å². The molecule has 4 saturated carbocycles. The fourth-order valence-corrected chi connectivity index (χ4v) is 6.11. The van der Waals surface area contributed by atoms with Crippen LogP contribution in [0.1, 0.15) is 38.5 Å². The van der Waals surface area contributed by atoms with Gasteiger partial charge in [0.15, 0.2) is 0 Å². The molecule has 23 heavy (non-hydrogen) atoms. The molecule has 0 aromatic carbocycles. The van der Waals surface area contributed by atoms with E-state index in [2.05, 4.69) is 0 Å². The normalized spacial score (nSPS) is 40.7. The van der Waals surface area contributed by atoms with Gasteiger partial charge in [0.2, 0.25) is 5.91 Å². The minimum atomic E-state index is -2.28.